The van der Waals surface area contributed by atoms with Crippen molar-refractivity contribution in [1.29, 1.82) is 0 Å². The van der Waals surface area contributed by atoms with Gasteiger partial charge in [-0.2, -0.15) is 0 Å². The zero-order valence-electron chi connectivity index (χ0n) is 9.39. The molecule has 0 aromatic carbocycles. The quantitative estimate of drug-likeness (QED) is 0.493. The van der Waals surface area contributed by atoms with Crippen molar-refractivity contribution in [3.8, 4) is 0 Å². The fourth-order valence-electron chi connectivity index (χ4n) is 1.94. The van der Waals surface area contributed by atoms with E-state index in [1.807, 2.05) is 0 Å². The minimum absolute atomic E-state index is 0.733. The highest BCUT2D eigenvalue weighted by atomic mass is 28.4. The third kappa shape index (κ3) is 3.55. The molecule has 76 valence electrons. The lowest BCUT2D eigenvalue weighted by Crippen LogP contribution is -2.26. The van der Waals surface area contributed by atoms with Crippen molar-refractivity contribution < 1.29 is 4.43 Å². The van der Waals surface area contributed by atoms with E-state index in [1.54, 1.807) is 0 Å². The number of rotatable bonds is 3. The van der Waals surface area contributed by atoms with Crippen LogP contribution in [0.1, 0.15) is 32.6 Å². The Morgan fingerprint density at radius 2 is 1.77 bits per heavy atom. The van der Waals surface area contributed by atoms with Crippen LogP contribution in [-0.2, 0) is 4.43 Å². The van der Waals surface area contributed by atoms with Crippen molar-refractivity contribution in [3.05, 3.63) is 11.8 Å². The van der Waals surface area contributed by atoms with Crippen molar-refractivity contribution in [2.45, 2.75) is 52.2 Å². The van der Waals surface area contributed by atoms with Gasteiger partial charge in [0.1, 0.15) is 0 Å². The molecule has 0 saturated heterocycles. The van der Waals surface area contributed by atoms with E-state index >= 15 is 0 Å². The van der Waals surface area contributed by atoms with Gasteiger partial charge in [-0.05, 0) is 39.4 Å². The third-order valence-corrected chi connectivity index (χ3v) is 3.31. The van der Waals surface area contributed by atoms with Crippen LogP contribution in [-0.4, -0.2) is 8.32 Å². The molecule has 0 aliphatic heterocycles. The zero-order valence-corrected chi connectivity index (χ0v) is 10.4. The summed E-state index contributed by atoms with van der Waals surface area (Å²) < 4.78 is 6.07. The molecule has 0 atom stereocenters. The van der Waals surface area contributed by atoms with Gasteiger partial charge in [-0.15, -0.1) is 0 Å². The standard InChI is InChI=1S/C11H22OSi/c1-5-11(12-13(2,3)4)10-8-6-7-9-10/h5,10H,6-9H2,1-4H3/b11-5+. The van der Waals surface area contributed by atoms with Crippen LogP contribution in [0, 0.1) is 5.92 Å². The summed E-state index contributed by atoms with van der Waals surface area (Å²) in [5.41, 5.74) is 0. The lowest BCUT2D eigenvalue weighted by Gasteiger charge is -2.25. The molecule has 1 saturated carbocycles. The first-order chi connectivity index (χ1) is 6.03. The van der Waals surface area contributed by atoms with E-state index < -0.39 is 8.32 Å². The van der Waals surface area contributed by atoms with Crippen LogP contribution < -0.4 is 0 Å². The molecule has 0 unspecified atom stereocenters. The van der Waals surface area contributed by atoms with Gasteiger partial charge in [0.05, 0.1) is 5.76 Å². The maximum atomic E-state index is 6.07. The molecule has 13 heavy (non-hydrogen) atoms. The van der Waals surface area contributed by atoms with E-state index in [2.05, 4.69) is 32.6 Å². The summed E-state index contributed by atoms with van der Waals surface area (Å²) in [5.74, 6) is 2.01. The van der Waals surface area contributed by atoms with E-state index in [0.717, 1.165) is 5.92 Å². The van der Waals surface area contributed by atoms with Crippen LogP contribution in [0.4, 0.5) is 0 Å². The summed E-state index contributed by atoms with van der Waals surface area (Å²) in [4.78, 5) is 0. The maximum Gasteiger partial charge on any atom is 0.241 e. The Bertz CT molecular complexity index is 185. The molecule has 0 radical (unpaired) electrons. The molecule has 1 aliphatic carbocycles. The highest BCUT2D eigenvalue weighted by molar-refractivity contribution is 6.70. The SMILES string of the molecule is C/C=C(/O[Si](C)(C)C)C1CCCC1. The number of hydrogen-bond donors (Lipinski definition) is 0. The number of hydrogen-bond acceptors (Lipinski definition) is 1. The Kier molecular flexibility index (Phi) is 3.60. The lowest BCUT2D eigenvalue weighted by molar-refractivity contribution is 0.343. The van der Waals surface area contributed by atoms with Crippen molar-refractivity contribution in [2.75, 3.05) is 0 Å². The highest BCUT2D eigenvalue weighted by Crippen LogP contribution is 2.32. The maximum absolute atomic E-state index is 6.07. The Morgan fingerprint density at radius 1 is 1.23 bits per heavy atom. The van der Waals surface area contributed by atoms with E-state index in [0.29, 0.717) is 0 Å². The Balaban J connectivity index is 2.53. The normalized spacial score (nSPS) is 20.8. The zero-order chi connectivity index (χ0) is 9.90. The first kappa shape index (κ1) is 10.8. The molecule has 1 nitrogen and oxygen atoms in total. The topological polar surface area (TPSA) is 9.23 Å². The fourth-order valence-corrected chi connectivity index (χ4v) is 2.93. The molecule has 1 rings (SSSR count). The van der Waals surface area contributed by atoms with Gasteiger partial charge in [0.2, 0.25) is 8.32 Å². The molecule has 1 fully saturated rings. The van der Waals surface area contributed by atoms with Crippen molar-refractivity contribution in [1.82, 2.24) is 0 Å². The molecule has 1 aliphatic rings. The summed E-state index contributed by atoms with van der Waals surface area (Å²) in [6.45, 7) is 8.87. The summed E-state index contributed by atoms with van der Waals surface area (Å²) in [6, 6.07) is 0. The van der Waals surface area contributed by atoms with Gasteiger partial charge in [-0.1, -0.05) is 18.9 Å². The molecular formula is C11H22OSi. The molecule has 0 bridgehead atoms. The van der Waals surface area contributed by atoms with Crippen molar-refractivity contribution in [3.63, 3.8) is 0 Å². The molecule has 0 N–H and O–H groups in total. The predicted molar refractivity (Wildman–Crippen MR) is 60.1 cm³/mol. The largest absolute Gasteiger partial charge is 0.547 e. The van der Waals surface area contributed by atoms with E-state index in [-0.39, 0.29) is 0 Å². The Hall–Kier alpha value is -0.243. The third-order valence-electron chi connectivity index (χ3n) is 2.47. The van der Waals surface area contributed by atoms with E-state index in [1.165, 1.54) is 31.4 Å². The van der Waals surface area contributed by atoms with Gasteiger partial charge < -0.3 is 4.43 Å². The predicted octanol–water partition coefficient (Wildman–Crippen LogP) is 3.93. The van der Waals surface area contributed by atoms with Crippen LogP contribution >= 0.6 is 0 Å². The summed E-state index contributed by atoms with van der Waals surface area (Å²) in [6.07, 6.45) is 7.62. The van der Waals surface area contributed by atoms with Crippen LogP contribution in [0.2, 0.25) is 19.6 Å². The molecular weight excluding hydrogens is 176 g/mol. The second kappa shape index (κ2) is 4.31. The van der Waals surface area contributed by atoms with Gasteiger partial charge in [-0.25, -0.2) is 0 Å². The Labute approximate surface area is 83.3 Å². The highest BCUT2D eigenvalue weighted by Gasteiger charge is 2.24. The monoisotopic (exact) mass is 198 g/mol. The fraction of sp³-hybridized carbons (Fsp3) is 0.818. The van der Waals surface area contributed by atoms with Gasteiger partial charge in [0, 0.05) is 5.92 Å². The van der Waals surface area contributed by atoms with Crippen LogP contribution in [0.5, 0.6) is 0 Å². The molecule has 0 aromatic heterocycles. The van der Waals surface area contributed by atoms with Gasteiger partial charge in [0.25, 0.3) is 0 Å². The summed E-state index contributed by atoms with van der Waals surface area (Å²) in [5, 5.41) is 0. The lowest BCUT2D eigenvalue weighted by atomic mass is 10.1. The van der Waals surface area contributed by atoms with Crippen LogP contribution in [0.15, 0.2) is 11.8 Å². The van der Waals surface area contributed by atoms with Crippen LogP contribution in [0.3, 0.4) is 0 Å². The first-order valence-corrected chi connectivity index (χ1v) is 8.79. The molecule has 0 heterocycles. The van der Waals surface area contributed by atoms with Gasteiger partial charge in [0.15, 0.2) is 0 Å². The van der Waals surface area contributed by atoms with Crippen LogP contribution in [0.25, 0.3) is 0 Å². The molecule has 0 amide bonds. The van der Waals surface area contributed by atoms with Gasteiger partial charge in [-0.3, -0.25) is 0 Å². The second-order valence-corrected chi connectivity index (χ2v) is 9.32. The summed E-state index contributed by atoms with van der Waals surface area (Å²) in [7, 11) is -1.38. The van der Waals surface area contributed by atoms with E-state index in [9.17, 15) is 0 Å². The molecule has 2 heteroatoms. The second-order valence-electron chi connectivity index (χ2n) is 4.89. The molecule has 0 spiro atoms. The average Bonchev–Trinajstić information content (AvgIpc) is 2.50. The minimum atomic E-state index is -1.38. The van der Waals surface area contributed by atoms with E-state index in [4.69, 9.17) is 4.43 Å². The smallest absolute Gasteiger partial charge is 0.241 e. The number of allylic oxidation sites excluding steroid dienone is 2. The minimum Gasteiger partial charge on any atom is -0.547 e. The average molecular weight is 198 g/mol. The summed E-state index contributed by atoms with van der Waals surface area (Å²) >= 11 is 0. The van der Waals surface area contributed by atoms with Crippen molar-refractivity contribution in [2.24, 2.45) is 5.92 Å². The Morgan fingerprint density at radius 3 is 2.15 bits per heavy atom. The molecule has 0 aromatic rings. The first-order valence-electron chi connectivity index (χ1n) is 5.38. The van der Waals surface area contributed by atoms with Crippen molar-refractivity contribution >= 4 is 8.32 Å². The van der Waals surface area contributed by atoms with Gasteiger partial charge >= 0.3 is 0 Å².